The minimum absolute atomic E-state index is 0.734. The van der Waals surface area contributed by atoms with Gasteiger partial charge in [0.1, 0.15) is 0 Å². The van der Waals surface area contributed by atoms with Crippen LogP contribution < -0.4 is 0 Å². The Hall–Kier alpha value is -0.530. The fraction of sp³-hybridized carbons (Fsp3) is 0.571. The fourth-order valence-corrected chi connectivity index (χ4v) is 2.24. The molecule has 2 heteroatoms. The van der Waals surface area contributed by atoms with Gasteiger partial charge in [-0.2, -0.15) is 0 Å². The zero-order chi connectivity index (χ0) is 11.2. The Kier molecular flexibility index (Phi) is 4.68. The van der Waals surface area contributed by atoms with Gasteiger partial charge in [0, 0.05) is 19.0 Å². The topological polar surface area (TPSA) is 3.24 Å². The van der Waals surface area contributed by atoms with E-state index in [9.17, 15) is 0 Å². The molecule has 0 heterocycles. The van der Waals surface area contributed by atoms with Crippen LogP contribution in [0.3, 0.4) is 0 Å². The second-order valence-electron chi connectivity index (χ2n) is 4.68. The van der Waals surface area contributed by atoms with Crippen LogP contribution in [0.5, 0.6) is 0 Å². The van der Waals surface area contributed by atoms with Crippen LogP contribution in [-0.4, -0.2) is 23.9 Å². The summed E-state index contributed by atoms with van der Waals surface area (Å²) in [5.74, 6) is 1.74. The SMILES string of the molecule is ClCCN(CCC1CC1)Cc1ccccc1. The molecule has 1 aromatic carbocycles. The molecular weight excluding hydrogens is 218 g/mol. The summed E-state index contributed by atoms with van der Waals surface area (Å²) in [6.07, 6.45) is 4.24. The number of nitrogens with zero attached hydrogens (tertiary/aromatic N) is 1. The van der Waals surface area contributed by atoms with Crippen LogP contribution in [0.4, 0.5) is 0 Å². The van der Waals surface area contributed by atoms with E-state index in [0.717, 1.165) is 24.9 Å². The first-order valence-corrected chi connectivity index (χ1v) is 6.74. The number of halogens is 1. The Morgan fingerprint density at radius 2 is 1.88 bits per heavy atom. The molecule has 2 rings (SSSR count). The zero-order valence-electron chi connectivity index (χ0n) is 9.74. The average molecular weight is 238 g/mol. The van der Waals surface area contributed by atoms with Crippen molar-refractivity contribution in [1.82, 2.24) is 4.90 Å². The molecule has 16 heavy (non-hydrogen) atoms. The van der Waals surface area contributed by atoms with Crippen molar-refractivity contribution >= 4 is 11.6 Å². The van der Waals surface area contributed by atoms with E-state index in [0.29, 0.717) is 0 Å². The van der Waals surface area contributed by atoms with Crippen molar-refractivity contribution in [1.29, 1.82) is 0 Å². The number of hydrogen-bond donors (Lipinski definition) is 0. The molecule has 0 spiro atoms. The molecule has 1 aromatic rings. The second kappa shape index (κ2) is 6.27. The van der Waals surface area contributed by atoms with Gasteiger partial charge in [-0.3, -0.25) is 4.90 Å². The maximum atomic E-state index is 5.85. The smallest absolute Gasteiger partial charge is 0.0351 e. The standard InChI is InChI=1S/C14H20ClN/c15-9-11-16(10-8-13-6-7-13)12-14-4-2-1-3-5-14/h1-5,13H,6-12H2. The molecule has 0 bridgehead atoms. The number of alkyl halides is 1. The summed E-state index contributed by atoms with van der Waals surface area (Å²) in [5, 5.41) is 0. The average Bonchev–Trinajstić information content (AvgIpc) is 3.11. The van der Waals surface area contributed by atoms with E-state index in [1.165, 1.54) is 31.4 Å². The minimum Gasteiger partial charge on any atom is -0.298 e. The van der Waals surface area contributed by atoms with Crippen LogP contribution >= 0.6 is 11.6 Å². The normalized spacial score (nSPS) is 15.6. The highest BCUT2D eigenvalue weighted by Crippen LogP contribution is 2.32. The van der Waals surface area contributed by atoms with Gasteiger partial charge in [0.05, 0.1) is 0 Å². The van der Waals surface area contributed by atoms with Crippen molar-refractivity contribution < 1.29 is 0 Å². The van der Waals surface area contributed by atoms with Crippen molar-refractivity contribution in [3.8, 4) is 0 Å². The van der Waals surface area contributed by atoms with E-state index < -0.39 is 0 Å². The molecule has 1 aliphatic carbocycles. The van der Waals surface area contributed by atoms with E-state index in [1.807, 2.05) is 0 Å². The molecular formula is C14H20ClN. The highest BCUT2D eigenvalue weighted by atomic mass is 35.5. The third kappa shape index (κ3) is 4.15. The van der Waals surface area contributed by atoms with Gasteiger partial charge in [-0.15, -0.1) is 11.6 Å². The number of hydrogen-bond acceptors (Lipinski definition) is 1. The molecule has 0 radical (unpaired) electrons. The molecule has 0 aliphatic heterocycles. The van der Waals surface area contributed by atoms with E-state index in [1.54, 1.807) is 0 Å². The van der Waals surface area contributed by atoms with Gasteiger partial charge in [0.25, 0.3) is 0 Å². The quantitative estimate of drug-likeness (QED) is 0.656. The Balaban J connectivity index is 1.80. The van der Waals surface area contributed by atoms with Crippen molar-refractivity contribution in [2.75, 3.05) is 19.0 Å². The van der Waals surface area contributed by atoms with Crippen LogP contribution in [0.1, 0.15) is 24.8 Å². The van der Waals surface area contributed by atoms with Gasteiger partial charge >= 0.3 is 0 Å². The van der Waals surface area contributed by atoms with Crippen LogP contribution in [-0.2, 0) is 6.54 Å². The Bertz CT molecular complexity index is 295. The lowest BCUT2D eigenvalue weighted by atomic mass is 10.2. The molecule has 0 amide bonds. The van der Waals surface area contributed by atoms with Crippen LogP contribution in [0.25, 0.3) is 0 Å². The molecule has 0 unspecified atom stereocenters. The predicted octanol–water partition coefficient (Wildman–Crippen LogP) is 3.53. The lowest BCUT2D eigenvalue weighted by molar-refractivity contribution is 0.272. The molecule has 0 saturated heterocycles. The van der Waals surface area contributed by atoms with Crippen LogP contribution in [0.15, 0.2) is 30.3 Å². The lowest BCUT2D eigenvalue weighted by Gasteiger charge is -2.21. The van der Waals surface area contributed by atoms with Crippen LogP contribution in [0, 0.1) is 5.92 Å². The Morgan fingerprint density at radius 1 is 1.12 bits per heavy atom. The Labute approximate surface area is 103 Å². The van der Waals surface area contributed by atoms with Gasteiger partial charge in [-0.25, -0.2) is 0 Å². The van der Waals surface area contributed by atoms with Crippen LogP contribution in [0.2, 0.25) is 0 Å². The lowest BCUT2D eigenvalue weighted by Crippen LogP contribution is -2.26. The monoisotopic (exact) mass is 237 g/mol. The fourth-order valence-electron chi connectivity index (χ4n) is 2.00. The minimum atomic E-state index is 0.734. The molecule has 0 atom stereocenters. The summed E-state index contributed by atoms with van der Waals surface area (Å²) in [6, 6.07) is 10.7. The van der Waals surface area contributed by atoms with Gasteiger partial charge in [0.2, 0.25) is 0 Å². The van der Waals surface area contributed by atoms with Crippen molar-refractivity contribution in [2.24, 2.45) is 5.92 Å². The van der Waals surface area contributed by atoms with E-state index in [2.05, 4.69) is 35.2 Å². The first-order chi connectivity index (χ1) is 7.88. The summed E-state index contributed by atoms with van der Waals surface area (Å²) in [6.45, 7) is 3.25. The van der Waals surface area contributed by atoms with Crippen molar-refractivity contribution in [3.05, 3.63) is 35.9 Å². The van der Waals surface area contributed by atoms with Gasteiger partial charge in [0.15, 0.2) is 0 Å². The highest BCUT2D eigenvalue weighted by molar-refractivity contribution is 6.18. The highest BCUT2D eigenvalue weighted by Gasteiger charge is 2.21. The first-order valence-electron chi connectivity index (χ1n) is 6.20. The molecule has 0 N–H and O–H groups in total. The van der Waals surface area contributed by atoms with E-state index in [-0.39, 0.29) is 0 Å². The summed E-state index contributed by atoms with van der Waals surface area (Å²) in [4.78, 5) is 2.47. The van der Waals surface area contributed by atoms with Gasteiger partial charge in [-0.05, 0) is 24.4 Å². The summed E-state index contributed by atoms with van der Waals surface area (Å²) < 4.78 is 0. The molecule has 88 valence electrons. The van der Waals surface area contributed by atoms with Gasteiger partial charge < -0.3 is 0 Å². The number of rotatable bonds is 7. The molecule has 1 saturated carbocycles. The zero-order valence-corrected chi connectivity index (χ0v) is 10.5. The summed E-state index contributed by atoms with van der Waals surface area (Å²) in [5.41, 5.74) is 1.39. The summed E-state index contributed by atoms with van der Waals surface area (Å²) in [7, 11) is 0. The predicted molar refractivity (Wildman–Crippen MR) is 69.8 cm³/mol. The molecule has 1 aliphatic rings. The molecule has 1 nitrogen and oxygen atoms in total. The number of benzene rings is 1. The maximum Gasteiger partial charge on any atom is 0.0351 e. The summed E-state index contributed by atoms with van der Waals surface area (Å²) >= 11 is 5.85. The van der Waals surface area contributed by atoms with Crippen molar-refractivity contribution in [3.63, 3.8) is 0 Å². The van der Waals surface area contributed by atoms with E-state index >= 15 is 0 Å². The largest absolute Gasteiger partial charge is 0.298 e. The Morgan fingerprint density at radius 3 is 2.50 bits per heavy atom. The first kappa shape index (κ1) is 11.9. The molecule has 1 fully saturated rings. The molecule has 0 aromatic heterocycles. The second-order valence-corrected chi connectivity index (χ2v) is 5.06. The maximum absolute atomic E-state index is 5.85. The third-order valence-corrected chi connectivity index (χ3v) is 3.37. The van der Waals surface area contributed by atoms with E-state index in [4.69, 9.17) is 11.6 Å². The van der Waals surface area contributed by atoms with Crippen molar-refractivity contribution in [2.45, 2.75) is 25.8 Å². The van der Waals surface area contributed by atoms with Gasteiger partial charge in [-0.1, -0.05) is 43.2 Å². The third-order valence-electron chi connectivity index (χ3n) is 3.20.